The van der Waals surface area contributed by atoms with Gasteiger partial charge in [0.1, 0.15) is 12.4 Å². The largest absolute Gasteiger partial charge is 0.489 e. The monoisotopic (exact) mass is 417 g/mol. The Kier molecular flexibility index (Phi) is 5.74. The molecule has 4 rings (SSSR count). The van der Waals surface area contributed by atoms with Gasteiger partial charge in [0.15, 0.2) is 0 Å². The molecule has 3 aromatic heterocycles. The molecule has 1 amide bonds. The SMILES string of the molecule is Cc1nc2nc(N)nn2c(C)c1CC(=O)NCc1ccc(OCc2cccnc2)cc1. The maximum atomic E-state index is 12.5. The van der Waals surface area contributed by atoms with Crippen LogP contribution >= 0.6 is 0 Å². The highest BCUT2D eigenvalue weighted by molar-refractivity contribution is 5.79. The van der Waals surface area contributed by atoms with E-state index in [0.29, 0.717) is 18.9 Å². The molecule has 3 N–H and O–H groups in total. The lowest BCUT2D eigenvalue weighted by Gasteiger charge is -2.11. The number of nitrogen functional groups attached to an aromatic ring is 1. The second-order valence-corrected chi connectivity index (χ2v) is 7.19. The van der Waals surface area contributed by atoms with Gasteiger partial charge < -0.3 is 15.8 Å². The molecule has 9 nitrogen and oxygen atoms in total. The third-order valence-electron chi connectivity index (χ3n) is 4.94. The van der Waals surface area contributed by atoms with Gasteiger partial charge in [-0.3, -0.25) is 9.78 Å². The highest BCUT2D eigenvalue weighted by Crippen LogP contribution is 2.16. The minimum atomic E-state index is -0.0997. The number of hydrogen-bond donors (Lipinski definition) is 2. The number of pyridine rings is 1. The molecular formula is C22H23N7O2. The summed E-state index contributed by atoms with van der Waals surface area (Å²) in [5.74, 6) is 1.25. The molecule has 0 fully saturated rings. The third kappa shape index (κ3) is 4.77. The van der Waals surface area contributed by atoms with Crippen LogP contribution < -0.4 is 15.8 Å². The molecular weight excluding hydrogens is 394 g/mol. The van der Waals surface area contributed by atoms with Crippen LogP contribution in [-0.2, 0) is 24.4 Å². The Morgan fingerprint density at radius 1 is 1.13 bits per heavy atom. The van der Waals surface area contributed by atoms with Crippen LogP contribution in [0.2, 0.25) is 0 Å². The molecule has 0 aliphatic heterocycles. The summed E-state index contributed by atoms with van der Waals surface area (Å²) in [7, 11) is 0. The number of aryl methyl sites for hydroxylation is 2. The summed E-state index contributed by atoms with van der Waals surface area (Å²) >= 11 is 0. The van der Waals surface area contributed by atoms with Crippen LogP contribution in [0.25, 0.3) is 5.78 Å². The van der Waals surface area contributed by atoms with Crippen molar-refractivity contribution < 1.29 is 9.53 Å². The highest BCUT2D eigenvalue weighted by Gasteiger charge is 2.15. The third-order valence-corrected chi connectivity index (χ3v) is 4.94. The molecule has 0 saturated carbocycles. The average Bonchev–Trinajstić information content (AvgIpc) is 3.15. The predicted molar refractivity (Wildman–Crippen MR) is 115 cm³/mol. The fourth-order valence-electron chi connectivity index (χ4n) is 3.26. The second kappa shape index (κ2) is 8.78. The van der Waals surface area contributed by atoms with Gasteiger partial charge in [0.25, 0.3) is 5.78 Å². The molecule has 0 saturated heterocycles. The molecule has 0 atom stereocenters. The molecule has 0 spiro atoms. The van der Waals surface area contributed by atoms with Gasteiger partial charge in [-0.05, 0) is 37.6 Å². The fourth-order valence-corrected chi connectivity index (χ4v) is 3.26. The lowest BCUT2D eigenvalue weighted by Crippen LogP contribution is -2.25. The van der Waals surface area contributed by atoms with Gasteiger partial charge in [-0.25, -0.2) is 4.98 Å². The van der Waals surface area contributed by atoms with Crippen molar-refractivity contribution in [2.45, 2.75) is 33.4 Å². The van der Waals surface area contributed by atoms with Crippen molar-refractivity contribution in [1.82, 2.24) is 29.9 Å². The quantitative estimate of drug-likeness (QED) is 0.473. The van der Waals surface area contributed by atoms with E-state index in [0.717, 1.165) is 33.8 Å². The maximum absolute atomic E-state index is 12.5. The minimum Gasteiger partial charge on any atom is -0.489 e. The van der Waals surface area contributed by atoms with Gasteiger partial charge in [-0.1, -0.05) is 18.2 Å². The summed E-state index contributed by atoms with van der Waals surface area (Å²) in [6.45, 7) is 4.61. The van der Waals surface area contributed by atoms with E-state index in [1.807, 2.05) is 50.2 Å². The van der Waals surface area contributed by atoms with Gasteiger partial charge in [-0.15, -0.1) is 5.10 Å². The van der Waals surface area contributed by atoms with Crippen molar-refractivity contribution in [3.63, 3.8) is 0 Å². The average molecular weight is 417 g/mol. The molecule has 0 radical (unpaired) electrons. The Balaban J connectivity index is 1.33. The Bertz CT molecular complexity index is 1200. The van der Waals surface area contributed by atoms with Crippen LogP contribution in [0.4, 0.5) is 5.95 Å². The van der Waals surface area contributed by atoms with Crippen molar-refractivity contribution in [2.75, 3.05) is 5.73 Å². The van der Waals surface area contributed by atoms with Crippen molar-refractivity contribution in [3.8, 4) is 5.75 Å². The zero-order valence-corrected chi connectivity index (χ0v) is 17.4. The number of fused-ring (bicyclic) bond motifs is 1. The van der Waals surface area contributed by atoms with Crippen LogP contribution in [0.3, 0.4) is 0 Å². The van der Waals surface area contributed by atoms with E-state index in [1.165, 1.54) is 0 Å². The lowest BCUT2D eigenvalue weighted by atomic mass is 10.1. The van der Waals surface area contributed by atoms with Crippen molar-refractivity contribution in [3.05, 3.63) is 76.9 Å². The van der Waals surface area contributed by atoms with E-state index < -0.39 is 0 Å². The zero-order chi connectivity index (χ0) is 21.8. The van der Waals surface area contributed by atoms with Gasteiger partial charge in [0.2, 0.25) is 11.9 Å². The molecule has 158 valence electrons. The van der Waals surface area contributed by atoms with Crippen molar-refractivity contribution in [2.24, 2.45) is 0 Å². The van der Waals surface area contributed by atoms with Crippen molar-refractivity contribution in [1.29, 1.82) is 0 Å². The van der Waals surface area contributed by atoms with Crippen molar-refractivity contribution >= 4 is 17.6 Å². The van der Waals surface area contributed by atoms with Crippen LogP contribution in [0.5, 0.6) is 5.75 Å². The Morgan fingerprint density at radius 2 is 1.94 bits per heavy atom. The van der Waals surface area contributed by atoms with E-state index in [1.54, 1.807) is 16.9 Å². The van der Waals surface area contributed by atoms with Crippen LogP contribution in [0.15, 0.2) is 48.8 Å². The summed E-state index contributed by atoms with van der Waals surface area (Å²) in [6.07, 6.45) is 3.71. The first kappa shape index (κ1) is 20.3. The highest BCUT2D eigenvalue weighted by atomic mass is 16.5. The van der Waals surface area contributed by atoms with E-state index in [9.17, 15) is 4.79 Å². The first-order valence-electron chi connectivity index (χ1n) is 9.85. The number of amides is 1. The standard InChI is InChI=1S/C22H23N7O2/c1-14-19(15(2)29-22(26-14)27-21(23)28-29)10-20(30)25-12-16-5-7-18(8-6-16)31-13-17-4-3-9-24-11-17/h3-9,11H,10,12-13H2,1-2H3,(H2,23,28)(H,25,30). The number of anilines is 1. The Labute approximate surface area is 179 Å². The van der Waals surface area contributed by atoms with Crippen LogP contribution in [-0.4, -0.2) is 30.5 Å². The minimum absolute atomic E-state index is 0.0997. The maximum Gasteiger partial charge on any atom is 0.254 e. The molecule has 0 aliphatic carbocycles. The number of aromatic nitrogens is 5. The lowest BCUT2D eigenvalue weighted by molar-refractivity contribution is -0.120. The smallest absolute Gasteiger partial charge is 0.254 e. The van der Waals surface area contributed by atoms with Crippen LogP contribution in [0, 0.1) is 13.8 Å². The Morgan fingerprint density at radius 3 is 2.68 bits per heavy atom. The van der Waals surface area contributed by atoms with E-state index in [-0.39, 0.29) is 18.3 Å². The second-order valence-electron chi connectivity index (χ2n) is 7.19. The van der Waals surface area contributed by atoms with Gasteiger partial charge in [-0.2, -0.15) is 9.50 Å². The summed E-state index contributed by atoms with van der Waals surface area (Å²) < 4.78 is 7.32. The number of ether oxygens (including phenoxy) is 1. The number of nitrogens with two attached hydrogens (primary N) is 1. The van der Waals surface area contributed by atoms with E-state index in [2.05, 4.69) is 25.4 Å². The number of nitrogens with zero attached hydrogens (tertiary/aromatic N) is 5. The summed E-state index contributed by atoms with van der Waals surface area (Å²) in [4.78, 5) is 25.1. The molecule has 1 aromatic carbocycles. The van der Waals surface area contributed by atoms with Crippen LogP contribution in [0.1, 0.15) is 28.1 Å². The fraction of sp³-hybridized carbons (Fsp3) is 0.227. The molecule has 0 bridgehead atoms. The topological polar surface area (TPSA) is 120 Å². The number of nitrogens with one attached hydrogen (secondary N) is 1. The molecule has 9 heteroatoms. The first-order chi connectivity index (χ1) is 15.0. The molecule has 0 aliphatic rings. The van der Waals surface area contributed by atoms with Gasteiger partial charge >= 0.3 is 0 Å². The molecule has 31 heavy (non-hydrogen) atoms. The molecule has 3 heterocycles. The molecule has 4 aromatic rings. The predicted octanol–water partition coefficient (Wildman–Crippen LogP) is 2.16. The van der Waals surface area contributed by atoms with Gasteiger partial charge in [0, 0.05) is 41.5 Å². The van der Waals surface area contributed by atoms with E-state index in [4.69, 9.17) is 10.5 Å². The molecule has 0 unspecified atom stereocenters. The number of benzene rings is 1. The number of rotatable bonds is 7. The van der Waals surface area contributed by atoms with E-state index >= 15 is 0 Å². The number of carbonyl (C=O) groups excluding carboxylic acids is 1. The number of carbonyl (C=O) groups is 1. The Hall–Kier alpha value is -4.01. The van der Waals surface area contributed by atoms with Gasteiger partial charge in [0.05, 0.1) is 6.42 Å². The number of hydrogen-bond acceptors (Lipinski definition) is 7. The normalized spacial score (nSPS) is 10.9. The summed E-state index contributed by atoms with van der Waals surface area (Å²) in [5.41, 5.74) is 10.00. The zero-order valence-electron chi connectivity index (χ0n) is 17.4. The summed E-state index contributed by atoms with van der Waals surface area (Å²) in [5, 5.41) is 7.08. The first-order valence-corrected chi connectivity index (χ1v) is 9.85. The summed E-state index contributed by atoms with van der Waals surface area (Å²) in [6, 6.07) is 11.5.